The predicted octanol–water partition coefficient (Wildman–Crippen LogP) is 5.45. The van der Waals surface area contributed by atoms with Crippen LogP contribution in [0.1, 0.15) is 33.1 Å². The number of methoxy groups -OCH3 is 1. The molecule has 0 heterocycles. The smallest absolute Gasteiger partial charge is 0.338 e. The highest BCUT2D eigenvalue weighted by atomic mass is 16.6. The van der Waals surface area contributed by atoms with Crippen LogP contribution in [-0.4, -0.2) is 23.9 Å². The van der Waals surface area contributed by atoms with E-state index in [-0.39, 0.29) is 29.4 Å². The highest BCUT2D eigenvalue weighted by Gasteiger charge is 2.33. The second kappa shape index (κ2) is 12.3. The Bertz CT molecular complexity index is 1400. The van der Waals surface area contributed by atoms with Crippen molar-refractivity contribution in [3.8, 4) is 0 Å². The fourth-order valence-electron chi connectivity index (χ4n) is 4.24. The molecule has 4 rings (SSSR count). The van der Waals surface area contributed by atoms with Crippen molar-refractivity contribution in [2.45, 2.75) is 19.1 Å². The van der Waals surface area contributed by atoms with Crippen LogP contribution in [0, 0.1) is 10.1 Å². The molecular weight excluding hydrogens is 482 g/mol. The van der Waals surface area contributed by atoms with E-state index in [0.717, 1.165) is 11.1 Å². The normalized spacial score (nSPS) is 11.3. The van der Waals surface area contributed by atoms with Gasteiger partial charge in [-0.1, -0.05) is 91.0 Å². The van der Waals surface area contributed by atoms with Crippen LogP contribution >= 0.6 is 0 Å². The number of esters is 1. The molecule has 0 aliphatic carbocycles. The monoisotopic (exact) mass is 509 g/mol. The van der Waals surface area contributed by atoms with Gasteiger partial charge in [0.1, 0.15) is 11.7 Å². The Hall–Kier alpha value is -4.98. The minimum atomic E-state index is -0.900. The zero-order valence-electron chi connectivity index (χ0n) is 20.8. The summed E-state index contributed by atoms with van der Waals surface area (Å²) < 4.78 is 4.76. The van der Waals surface area contributed by atoms with Crippen LogP contribution in [0.3, 0.4) is 0 Å². The predicted molar refractivity (Wildman–Crippen MR) is 145 cm³/mol. The van der Waals surface area contributed by atoms with E-state index in [2.05, 4.69) is 5.32 Å². The van der Waals surface area contributed by atoms with E-state index in [1.165, 1.54) is 25.3 Å². The van der Waals surface area contributed by atoms with Crippen molar-refractivity contribution < 1.29 is 19.2 Å². The number of ether oxygens (including phenoxy) is 1. The number of nitrogens with zero attached hydrogens (tertiary/aromatic N) is 2. The number of anilines is 1. The van der Waals surface area contributed by atoms with Crippen LogP contribution in [-0.2, 0) is 22.6 Å². The lowest BCUT2D eigenvalue weighted by Gasteiger charge is -2.33. The number of carbonyl (C=O) groups excluding carboxylic acids is 2. The molecule has 0 bridgehead atoms. The van der Waals surface area contributed by atoms with Crippen molar-refractivity contribution in [1.82, 2.24) is 5.32 Å². The van der Waals surface area contributed by atoms with Gasteiger partial charge >= 0.3 is 5.97 Å². The van der Waals surface area contributed by atoms with Gasteiger partial charge in [0.25, 0.3) is 5.69 Å². The maximum absolute atomic E-state index is 13.8. The lowest BCUT2D eigenvalue weighted by molar-refractivity contribution is -0.384. The van der Waals surface area contributed by atoms with Crippen molar-refractivity contribution in [2.24, 2.45) is 0 Å². The first-order valence-corrected chi connectivity index (χ1v) is 12.0. The van der Waals surface area contributed by atoms with E-state index in [0.29, 0.717) is 12.1 Å². The Balaban J connectivity index is 1.83. The molecule has 1 unspecified atom stereocenters. The standard InChI is InChI=1S/C30H27N3O5/c1-38-30(35)25-17-18-26(27(19-25)33(36)37)32(21-23-13-7-3-8-14-23)28(24-15-9-4-10-16-24)29(34)31-20-22-11-5-2-6-12-22/h2-19,28H,20-21H2,1H3,(H,31,34). The van der Waals surface area contributed by atoms with Gasteiger partial charge in [0.05, 0.1) is 17.6 Å². The van der Waals surface area contributed by atoms with E-state index in [4.69, 9.17) is 4.74 Å². The Morgan fingerprint density at radius 3 is 2.03 bits per heavy atom. The number of hydrogen-bond acceptors (Lipinski definition) is 6. The van der Waals surface area contributed by atoms with E-state index < -0.39 is 16.9 Å². The number of nitro benzene ring substituents is 1. The van der Waals surface area contributed by atoms with E-state index in [9.17, 15) is 19.7 Å². The number of rotatable bonds is 10. The van der Waals surface area contributed by atoms with E-state index in [1.54, 1.807) is 4.90 Å². The fourth-order valence-corrected chi connectivity index (χ4v) is 4.24. The number of nitrogens with one attached hydrogen (secondary N) is 1. The molecule has 0 aliphatic heterocycles. The molecule has 0 aromatic heterocycles. The second-order valence-electron chi connectivity index (χ2n) is 8.58. The van der Waals surface area contributed by atoms with Crippen molar-refractivity contribution in [3.63, 3.8) is 0 Å². The third-order valence-corrected chi connectivity index (χ3v) is 6.08. The summed E-state index contributed by atoms with van der Waals surface area (Å²) in [6.45, 7) is 0.503. The molecule has 192 valence electrons. The quantitative estimate of drug-likeness (QED) is 0.173. The molecule has 1 amide bonds. The van der Waals surface area contributed by atoms with Crippen LogP contribution in [0.25, 0.3) is 0 Å². The highest BCUT2D eigenvalue weighted by molar-refractivity contribution is 5.92. The van der Waals surface area contributed by atoms with E-state index in [1.807, 2.05) is 91.0 Å². The Morgan fingerprint density at radius 1 is 0.868 bits per heavy atom. The summed E-state index contributed by atoms with van der Waals surface area (Å²) in [5.74, 6) is -1.00. The molecule has 0 fully saturated rings. The first-order chi connectivity index (χ1) is 18.5. The summed E-state index contributed by atoms with van der Waals surface area (Å²) in [6.07, 6.45) is 0. The topological polar surface area (TPSA) is 102 Å². The van der Waals surface area contributed by atoms with Gasteiger partial charge in [0.15, 0.2) is 0 Å². The van der Waals surface area contributed by atoms with Crippen molar-refractivity contribution in [2.75, 3.05) is 12.0 Å². The number of benzene rings is 4. The summed E-state index contributed by atoms with van der Waals surface area (Å²) >= 11 is 0. The molecule has 4 aromatic carbocycles. The molecule has 0 saturated heterocycles. The van der Waals surface area contributed by atoms with E-state index >= 15 is 0 Å². The van der Waals surface area contributed by atoms with Gasteiger partial charge in [0, 0.05) is 19.2 Å². The third-order valence-electron chi connectivity index (χ3n) is 6.08. The zero-order valence-corrected chi connectivity index (χ0v) is 20.8. The Morgan fingerprint density at radius 2 is 1.45 bits per heavy atom. The van der Waals surface area contributed by atoms with Gasteiger partial charge in [-0.2, -0.15) is 0 Å². The molecule has 1 N–H and O–H groups in total. The average Bonchev–Trinajstić information content (AvgIpc) is 2.96. The molecule has 8 heteroatoms. The third kappa shape index (κ3) is 6.22. The second-order valence-corrected chi connectivity index (χ2v) is 8.58. The first-order valence-electron chi connectivity index (χ1n) is 12.0. The van der Waals surface area contributed by atoms with Crippen LogP contribution in [0.15, 0.2) is 109 Å². The Labute approximate surface area is 220 Å². The van der Waals surface area contributed by atoms with Crippen molar-refractivity contribution >= 4 is 23.3 Å². The first kappa shape index (κ1) is 26.1. The minimum absolute atomic E-state index is 0.0485. The molecule has 0 aliphatic rings. The molecule has 0 radical (unpaired) electrons. The largest absolute Gasteiger partial charge is 0.465 e. The van der Waals surface area contributed by atoms with Crippen molar-refractivity contribution in [1.29, 1.82) is 0 Å². The summed E-state index contributed by atoms with van der Waals surface area (Å²) in [5.41, 5.74) is 2.40. The van der Waals surface area contributed by atoms with Crippen LogP contribution in [0.5, 0.6) is 0 Å². The van der Waals surface area contributed by atoms with Gasteiger partial charge in [0.2, 0.25) is 5.91 Å². The number of carbonyl (C=O) groups is 2. The molecular formula is C30H27N3O5. The van der Waals surface area contributed by atoms with Crippen molar-refractivity contribution in [3.05, 3.63) is 142 Å². The van der Waals surface area contributed by atoms with Crippen LogP contribution in [0.4, 0.5) is 11.4 Å². The van der Waals surface area contributed by atoms with Gasteiger partial charge in [-0.25, -0.2) is 4.79 Å². The molecule has 0 saturated carbocycles. The molecule has 8 nitrogen and oxygen atoms in total. The van der Waals surface area contributed by atoms with Gasteiger partial charge in [-0.05, 0) is 28.8 Å². The molecule has 0 spiro atoms. The van der Waals surface area contributed by atoms with Gasteiger partial charge in [-0.15, -0.1) is 0 Å². The lowest BCUT2D eigenvalue weighted by Crippen LogP contribution is -2.40. The zero-order chi connectivity index (χ0) is 26.9. The number of amides is 1. The van der Waals surface area contributed by atoms with Gasteiger partial charge in [-0.3, -0.25) is 14.9 Å². The molecule has 1 atom stereocenters. The summed E-state index contributed by atoms with van der Waals surface area (Å²) in [5, 5.41) is 15.2. The lowest BCUT2D eigenvalue weighted by atomic mass is 10.0. The number of nitro groups is 1. The summed E-state index contributed by atoms with van der Waals surface area (Å²) in [4.78, 5) is 39.3. The molecule has 4 aromatic rings. The number of hydrogen-bond donors (Lipinski definition) is 1. The maximum atomic E-state index is 13.8. The summed E-state index contributed by atoms with van der Waals surface area (Å²) in [7, 11) is 1.21. The fraction of sp³-hybridized carbons (Fsp3) is 0.133. The minimum Gasteiger partial charge on any atom is -0.465 e. The van der Waals surface area contributed by atoms with Crippen LogP contribution in [0.2, 0.25) is 0 Å². The van der Waals surface area contributed by atoms with Crippen LogP contribution < -0.4 is 10.2 Å². The highest BCUT2D eigenvalue weighted by Crippen LogP contribution is 2.37. The average molecular weight is 510 g/mol. The summed E-state index contributed by atoms with van der Waals surface area (Å²) in [6, 6.07) is 31.3. The molecule has 38 heavy (non-hydrogen) atoms. The SMILES string of the molecule is COC(=O)c1ccc(N(Cc2ccccc2)C(C(=O)NCc2ccccc2)c2ccccc2)c([N+](=O)[O-])c1. The van der Waals surface area contributed by atoms with Gasteiger partial charge < -0.3 is 15.0 Å². The maximum Gasteiger partial charge on any atom is 0.338 e. The Kier molecular flexibility index (Phi) is 8.46.